The summed E-state index contributed by atoms with van der Waals surface area (Å²) in [7, 11) is 0. The van der Waals surface area contributed by atoms with E-state index in [-0.39, 0.29) is 17.2 Å². The minimum absolute atomic E-state index is 0.0248. The van der Waals surface area contributed by atoms with Gasteiger partial charge in [0.2, 0.25) is 5.91 Å². The third kappa shape index (κ3) is 5.44. The first-order valence-corrected chi connectivity index (χ1v) is 8.55. The zero-order chi connectivity index (χ0) is 18.9. The number of nitrogens with one attached hydrogen (secondary N) is 2. The molecule has 0 heterocycles. The summed E-state index contributed by atoms with van der Waals surface area (Å²) in [5.41, 5.74) is 1.25. The molecule has 0 aliphatic rings. The second kappa shape index (κ2) is 9.36. The predicted octanol–water partition coefficient (Wildman–Crippen LogP) is 4.16. The Kier molecular flexibility index (Phi) is 6.91. The van der Waals surface area contributed by atoms with Crippen LogP contribution in [0.15, 0.2) is 48.5 Å². The van der Waals surface area contributed by atoms with Crippen molar-refractivity contribution in [2.45, 2.75) is 32.6 Å². The average Bonchev–Trinajstić information content (AvgIpc) is 2.62. The number of para-hydroxylation sites is 1. The fraction of sp³-hybridized carbons (Fsp3) is 0.250. The molecular formula is C20H22N2O4. The van der Waals surface area contributed by atoms with Gasteiger partial charge < -0.3 is 15.7 Å². The second-order valence-electron chi connectivity index (χ2n) is 5.89. The topological polar surface area (TPSA) is 95.5 Å². The molecule has 0 aromatic heterocycles. The van der Waals surface area contributed by atoms with E-state index in [1.807, 2.05) is 0 Å². The average molecular weight is 354 g/mol. The molecule has 3 N–H and O–H groups in total. The van der Waals surface area contributed by atoms with E-state index >= 15 is 0 Å². The Morgan fingerprint density at radius 1 is 0.923 bits per heavy atom. The first-order chi connectivity index (χ1) is 12.5. The highest BCUT2D eigenvalue weighted by Crippen LogP contribution is 2.17. The molecule has 6 heteroatoms. The van der Waals surface area contributed by atoms with Crippen molar-refractivity contribution in [1.82, 2.24) is 0 Å². The number of amides is 2. The molecule has 0 radical (unpaired) electrons. The molecule has 0 atom stereocenters. The maximum Gasteiger partial charge on any atom is 0.337 e. The van der Waals surface area contributed by atoms with Crippen molar-refractivity contribution in [1.29, 1.82) is 0 Å². The van der Waals surface area contributed by atoms with Gasteiger partial charge in [0.25, 0.3) is 5.91 Å². The Morgan fingerprint density at radius 3 is 2.27 bits per heavy atom. The summed E-state index contributed by atoms with van der Waals surface area (Å²) in [6.07, 6.45) is 3.40. The molecule has 2 aromatic carbocycles. The number of carboxylic acids is 1. The van der Waals surface area contributed by atoms with Crippen LogP contribution in [-0.2, 0) is 4.79 Å². The Morgan fingerprint density at radius 2 is 1.62 bits per heavy atom. The molecule has 6 nitrogen and oxygen atoms in total. The van der Waals surface area contributed by atoms with Gasteiger partial charge in [-0.3, -0.25) is 9.59 Å². The van der Waals surface area contributed by atoms with Crippen molar-refractivity contribution in [3.63, 3.8) is 0 Å². The first-order valence-electron chi connectivity index (χ1n) is 8.55. The molecule has 136 valence electrons. The Hall–Kier alpha value is -3.15. The highest BCUT2D eigenvalue weighted by molar-refractivity contribution is 6.08. The smallest absolute Gasteiger partial charge is 0.337 e. The summed E-state index contributed by atoms with van der Waals surface area (Å²) in [5.74, 6) is -1.58. The lowest BCUT2D eigenvalue weighted by Gasteiger charge is -2.09. The van der Waals surface area contributed by atoms with Crippen LogP contribution in [-0.4, -0.2) is 22.9 Å². The lowest BCUT2D eigenvalue weighted by molar-refractivity contribution is -0.116. The zero-order valence-electron chi connectivity index (χ0n) is 14.6. The van der Waals surface area contributed by atoms with Crippen molar-refractivity contribution < 1.29 is 19.5 Å². The van der Waals surface area contributed by atoms with Crippen LogP contribution in [0.3, 0.4) is 0 Å². The van der Waals surface area contributed by atoms with Gasteiger partial charge >= 0.3 is 5.97 Å². The molecule has 26 heavy (non-hydrogen) atoms. The van der Waals surface area contributed by atoms with Crippen LogP contribution in [0.5, 0.6) is 0 Å². The summed E-state index contributed by atoms with van der Waals surface area (Å²) in [5, 5.41) is 14.5. The Balaban J connectivity index is 1.99. The number of aromatic carboxylic acids is 1. The lowest BCUT2D eigenvalue weighted by Crippen LogP contribution is -2.15. The highest BCUT2D eigenvalue weighted by Gasteiger charge is 2.13. The van der Waals surface area contributed by atoms with E-state index in [9.17, 15) is 14.4 Å². The number of hydrogen-bond acceptors (Lipinski definition) is 3. The molecule has 0 aliphatic carbocycles. The predicted molar refractivity (Wildman–Crippen MR) is 101 cm³/mol. The molecule has 0 saturated carbocycles. The van der Waals surface area contributed by atoms with Gasteiger partial charge in [-0.05, 0) is 42.8 Å². The first kappa shape index (κ1) is 19.2. The molecule has 0 spiro atoms. The number of rotatable bonds is 8. The number of benzene rings is 2. The maximum atomic E-state index is 12.3. The Labute approximate surface area is 152 Å². The fourth-order valence-electron chi connectivity index (χ4n) is 2.44. The van der Waals surface area contributed by atoms with Gasteiger partial charge in [-0.2, -0.15) is 0 Å². The molecule has 2 rings (SSSR count). The van der Waals surface area contributed by atoms with Crippen molar-refractivity contribution in [2.75, 3.05) is 10.6 Å². The molecule has 2 amide bonds. The molecule has 0 bridgehead atoms. The molecular weight excluding hydrogens is 332 g/mol. The van der Waals surface area contributed by atoms with Gasteiger partial charge in [-0.15, -0.1) is 0 Å². The van der Waals surface area contributed by atoms with Crippen molar-refractivity contribution >= 4 is 29.2 Å². The third-order valence-corrected chi connectivity index (χ3v) is 3.84. The van der Waals surface area contributed by atoms with Crippen molar-refractivity contribution in [3.8, 4) is 0 Å². The van der Waals surface area contributed by atoms with Gasteiger partial charge in [0.05, 0.1) is 11.3 Å². The molecule has 2 aromatic rings. The largest absolute Gasteiger partial charge is 0.478 e. The number of hydrogen-bond donors (Lipinski definition) is 3. The maximum absolute atomic E-state index is 12.3. The Bertz CT molecular complexity index is 785. The quantitative estimate of drug-likeness (QED) is 0.620. The number of unbranched alkanes of at least 4 members (excludes halogenated alkanes) is 2. The number of carboxylic acid groups (broad SMARTS) is 1. The van der Waals surface area contributed by atoms with Crippen LogP contribution in [0, 0.1) is 0 Å². The van der Waals surface area contributed by atoms with Crippen LogP contribution >= 0.6 is 0 Å². The van der Waals surface area contributed by atoms with E-state index in [0.717, 1.165) is 19.3 Å². The molecule has 0 aliphatic heterocycles. The highest BCUT2D eigenvalue weighted by atomic mass is 16.4. The summed E-state index contributed by atoms with van der Waals surface area (Å²) < 4.78 is 0. The van der Waals surface area contributed by atoms with Gasteiger partial charge in [0.15, 0.2) is 0 Å². The second-order valence-corrected chi connectivity index (χ2v) is 5.89. The van der Waals surface area contributed by atoms with E-state index in [1.54, 1.807) is 36.4 Å². The van der Waals surface area contributed by atoms with Crippen LogP contribution < -0.4 is 10.6 Å². The van der Waals surface area contributed by atoms with E-state index in [2.05, 4.69) is 17.6 Å². The fourth-order valence-corrected chi connectivity index (χ4v) is 2.44. The normalized spacial score (nSPS) is 10.2. The van der Waals surface area contributed by atoms with Crippen LogP contribution in [0.1, 0.15) is 53.3 Å². The summed E-state index contributed by atoms with van der Waals surface area (Å²) in [6.45, 7) is 2.08. The van der Waals surface area contributed by atoms with Gasteiger partial charge in [0.1, 0.15) is 0 Å². The van der Waals surface area contributed by atoms with Crippen LogP contribution in [0.4, 0.5) is 11.4 Å². The number of anilines is 2. The summed E-state index contributed by atoms with van der Waals surface area (Å²) >= 11 is 0. The van der Waals surface area contributed by atoms with Crippen LogP contribution in [0.2, 0.25) is 0 Å². The number of carbonyl (C=O) groups excluding carboxylic acids is 2. The molecule has 0 saturated heterocycles. The van der Waals surface area contributed by atoms with E-state index < -0.39 is 11.9 Å². The number of carbonyl (C=O) groups is 3. The van der Waals surface area contributed by atoms with Gasteiger partial charge in [-0.25, -0.2) is 4.79 Å². The van der Waals surface area contributed by atoms with E-state index in [4.69, 9.17) is 5.11 Å². The lowest BCUT2D eigenvalue weighted by atomic mass is 10.1. The minimum atomic E-state index is -1.11. The molecule has 0 fully saturated rings. The minimum Gasteiger partial charge on any atom is -0.478 e. The van der Waals surface area contributed by atoms with E-state index in [1.165, 1.54) is 12.1 Å². The standard InChI is InChI=1S/C20H22N2O4/c1-2-3-4-9-18(23)21-15-12-10-14(11-13-15)19(24)22-17-8-6-5-7-16(17)20(25)26/h5-8,10-13H,2-4,9H2,1H3,(H,21,23)(H,22,24)(H,25,26). The molecule has 0 unspecified atom stereocenters. The monoisotopic (exact) mass is 354 g/mol. The third-order valence-electron chi connectivity index (χ3n) is 3.84. The van der Waals surface area contributed by atoms with E-state index in [0.29, 0.717) is 17.7 Å². The van der Waals surface area contributed by atoms with Crippen LogP contribution in [0.25, 0.3) is 0 Å². The zero-order valence-corrected chi connectivity index (χ0v) is 14.6. The SMILES string of the molecule is CCCCCC(=O)Nc1ccc(C(=O)Nc2ccccc2C(=O)O)cc1. The van der Waals surface area contributed by atoms with Crippen molar-refractivity contribution in [3.05, 3.63) is 59.7 Å². The van der Waals surface area contributed by atoms with Crippen molar-refractivity contribution in [2.24, 2.45) is 0 Å². The summed E-state index contributed by atoms with van der Waals surface area (Å²) in [6, 6.07) is 12.7. The van der Waals surface area contributed by atoms with Gasteiger partial charge in [0, 0.05) is 17.7 Å². The van der Waals surface area contributed by atoms with Gasteiger partial charge in [-0.1, -0.05) is 31.9 Å². The summed E-state index contributed by atoms with van der Waals surface area (Å²) in [4.78, 5) is 35.3.